The number of aliphatic hydroxyl groups is 1. The lowest BCUT2D eigenvalue weighted by atomic mass is 9.92. The zero-order valence-electron chi connectivity index (χ0n) is 9.20. The predicted octanol–water partition coefficient (Wildman–Crippen LogP) is 2.02. The molecule has 0 saturated carbocycles. The van der Waals surface area contributed by atoms with Crippen LogP contribution in [0, 0.1) is 5.92 Å². The highest BCUT2D eigenvalue weighted by molar-refractivity contribution is 5.66. The van der Waals surface area contributed by atoms with Gasteiger partial charge in [-0.25, -0.2) is 0 Å². The molecule has 0 aliphatic carbocycles. The van der Waals surface area contributed by atoms with Gasteiger partial charge < -0.3 is 10.4 Å². The van der Waals surface area contributed by atoms with E-state index in [0.717, 1.165) is 12.2 Å². The van der Waals surface area contributed by atoms with E-state index in [1.807, 2.05) is 32.0 Å². The molecule has 2 heteroatoms. The third-order valence-corrected chi connectivity index (χ3v) is 2.87. The molecule has 0 bridgehead atoms. The van der Waals surface area contributed by atoms with Crippen LogP contribution in [0.4, 0.5) is 0 Å². The minimum absolute atomic E-state index is 0.188. The van der Waals surface area contributed by atoms with Crippen LogP contribution in [0.3, 0.4) is 0 Å². The van der Waals surface area contributed by atoms with Crippen LogP contribution < -0.4 is 5.32 Å². The molecule has 0 spiro atoms. The number of hydrogen-bond donors (Lipinski definition) is 2. The maximum atomic E-state index is 9.90. The van der Waals surface area contributed by atoms with E-state index in [9.17, 15) is 5.11 Å². The van der Waals surface area contributed by atoms with E-state index in [2.05, 4.69) is 23.5 Å². The van der Waals surface area contributed by atoms with Gasteiger partial charge in [0, 0.05) is 18.2 Å². The summed E-state index contributed by atoms with van der Waals surface area (Å²) in [6.07, 6.45) is 2.12. The molecule has 1 aromatic carbocycles. The molecule has 1 aromatic rings. The van der Waals surface area contributed by atoms with Gasteiger partial charge in [0.25, 0.3) is 0 Å². The van der Waals surface area contributed by atoms with Crippen molar-refractivity contribution in [2.45, 2.75) is 19.4 Å². The predicted molar refractivity (Wildman–Crippen MR) is 62.2 cm³/mol. The highest BCUT2D eigenvalue weighted by atomic mass is 16.3. The van der Waals surface area contributed by atoms with Crippen LogP contribution in [0.1, 0.15) is 19.4 Å². The Labute approximate surface area is 90.6 Å². The fraction of sp³-hybridized carbons (Fsp3) is 0.385. The first-order valence-corrected chi connectivity index (χ1v) is 5.31. The van der Waals surface area contributed by atoms with Crippen molar-refractivity contribution in [3.8, 4) is 0 Å². The van der Waals surface area contributed by atoms with E-state index in [1.54, 1.807) is 0 Å². The fourth-order valence-electron chi connectivity index (χ4n) is 1.81. The van der Waals surface area contributed by atoms with Crippen molar-refractivity contribution in [3.05, 3.63) is 42.0 Å². The molecule has 0 unspecified atom stereocenters. The molecule has 0 amide bonds. The summed E-state index contributed by atoms with van der Waals surface area (Å²) in [6.45, 7) is 4.52. The normalized spacial score (nSPS) is 21.0. The Hall–Kier alpha value is -1.28. The summed E-state index contributed by atoms with van der Waals surface area (Å²) in [7, 11) is 0. The molecule has 80 valence electrons. The standard InChI is InChI=1S/C13H17NO/c1-13(2,15)11-8-12(14-9-11)10-6-4-3-5-7-10/h3-8,11,14-15H,9H2,1-2H3/t11-/m0/s1. The van der Waals surface area contributed by atoms with Crippen LogP contribution in [0.15, 0.2) is 36.4 Å². The summed E-state index contributed by atoms with van der Waals surface area (Å²) < 4.78 is 0. The summed E-state index contributed by atoms with van der Waals surface area (Å²) in [5.41, 5.74) is 1.66. The van der Waals surface area contributed by atoms with E-state index in [4.69, 9.17) is 0 Å². The maximum Gasteiger partial charge on any atom is 0.0671 e. The molecule has 15 heavy (non-hydrogen) atoms. The molecule has 1 heterocycles. The van der Waals surface area contributed by atoms with E-state index in [0.29, 0.717) is 0 Å². The monoisotopic (exact) mass is 203 g/mol. The molecule has 1 atom stereocenters. The van der Waals surface area contributed by atoms with Gasteiger partial charge in [-0.3, -0.25) is 0 Å². The van der Waals surface area contributed by atoms with Gasteiger partial charge in [0.05, 0.1) is 5.60 Å². The minimum Gasteiger partial charge on any atom is -0.390 e. The van der Waals surface area contributed by atoms with Crippen molar-refractivity contribution in [1.29, 1.82) is 0 Å². The quantitative estimate of drug-likeness (QED) is 0.770. The Morgan fingerprint density at radius 1 is 1.27 bits per heavy atom. The summed E-state index contributed by atoms with van der Waals surface area (Å²) in [4.78, 5) is 0. The average molecular weight is 203 g/mol. The zero-order chi connectivity index (χ0) is 10.9. The second-order valence-electron chi connectivity index (χ2n) is 4.59. The summed E-state index contributed by atoms with van der Waals surface area (Å²) >= 11 is 0. The maximum absolute atomic E-state index is 9.90. The van der Waals surface area contributed by atoms with Crippen LogP contribution in [0.5, 0.6) is 0 Å². The second-order valence-corrected chi connectivity index (χ2v) is 4.59. The highest BCUT2D eigenvalue weighted by Gasteiger charge is 2.29. The van der Waals surface area contributed by atoms with Crippen molar-refractivity contribution in [3.63, 3.8) is 0 Å². The SMILES string of the molecule is CC(C)(O)[C@H]1C=C(c2ccccc2)NC1. The Morgan fingerprint density at radius 2 is 1.93 bits per heavy atom. The molecule has 2 nitrogen and oxygen atoms in total. The topological polar surface area (TPSA) is 32.3 Å². The molecule has 0 radical (unpaired) electrons. The Balaban J connectivity index is 2.21. The summed E-state index contributed by atoms with van der Waals surface area (Å²) in [5, 5.41) is 13.2. The van der Waals surface area contributed by atoms with Gasteiger partial charge in [-0.2, -0.15) is 0 Å². The lowest BCUT2D eigenvalue weighted by Gasteiger charge is -2.22. The lowest BCUT2D eigenvalue weighted by Crippen LogP contribution is -2.32. The van der Waals surface area contributed by atoms with Gasteiger partial charge in [0.15, 0.2) is 0 Å². The number of rotatable bonds is 2. The van der Waals surface area contributed by atoms with Crippen molar-refractivity contribution in [2.75, 3.05) is 6.54 Å². The van der Waals surface area contributed by atoms with Crippen LogP contribution in [-0.2, 0) is 0 Å². The first kappa shape index (κ1) is 10.2. The third-order valence-electron chi connectivity index (χ3n) is 2.87. The highest BCUT2D eigenvalue weighted by Crippen LogP contribution is 2.26. The lowest BCUT2D eigenvalue weighted by molar-refractivity contribution is 0.0414. The number of hydrogen-bond acceptors (Lipinski definition) is 2. The van der Waals surface area contributed by atoms with Gasteiger partial charge in [-0.1, -0.05) is 36.4 Å². The van der Waals surface area contributed by atoms with Gasteiger partial charge in [-0.05, 0) is 19.4 Å². The van der Waals surface area contributed by atoms with E-state index in [-0.39, 0.29) is 5.92 Å². The van der Waals surface area contributed by atoms with Crippen molar-refractivity contribution in [2.24, 2.45) is 5.92 Å². The van der Waals surface area contributed by atoms with Crippen molar-refractivity contribution in [1.82, 2.24) is 5.32 Å². The van der Waals surface area contributed by atoms with E-state index < -0.39 is 5.60 Å². The molecule has 0 saturated heterocycles. The molecule has 1 aliphatic rings. The summed E-state index contributed by atoms with van der Waals surface area (Å²) in [6, 6.07) is 10.2. The molecular weight excluding hydrogens is 186 g/mol. The largest absolute Gasteiger partial charge is 0.390 e. The first-order valence-electron chi connectivity index (χ1n) is 5.31. The van der Waals surface area contributed by atoms with Crippen LogP contribution >= 0.6 is 0 Å². The van der Waals surface area contributed by atoms with E-state index >= 15 is 0 Å². The van der Waals surface area contributed by atoms with Gasteiger partial charge in [0.1, 0.15) is 0 Å². The second kappa shape index (κ2) is 3.70. The molecule has 2 N–H and O–H groups in total. The van der Waals surface area contributed by atoms with Crippen LogP contribution in [0.2, 0.25) is 0 Å². The van der Waals surface area contributed by atoms with Crippen LogP contribution in [0.25, 0.3) is 5.70 Å². The smallest absolute Gasteiger partial charge is 0.0671 e. The van der Waals surface area contributed by atoms with Crippen molar-refractivity contribution >= 4 is 5.70 Å². The third kappa shape index (κ3) is 2.21. The fourth-order valence-corrected chi connectivity index (χ4v) is 1.81. The van der Waals surface area contributed by atoms with Gasteiger partial charge in [-0.15, -0.1) is 0 Å². The number of nitrogens with one attached hydrogen (secondary N) is 1. The Kier molecular flexibility index (Phi) is 2.53. The summed E-state index contributed by atoms with van der Waals surface area (Å²) in [5.74, 6) is 0.188. The molecule has 0 aromatic heterocycles. The number of benzene rings is 1. The Morgan fingerprint density at radius 3 is 2.47 bits per heavy atom. The van der Waals surface area contributed by atoms with Gasteiger partial charge in [0.2, 0.25) is 0 Å². The Bertz CT molecular complexity index is 362. The molecule has 0 fully saturated rings. The molecular formula is C13H17NO. The van der Waals surface area contributed by atoms with Crippen LogP contribution in [-0.4, -0.2) is 17.3 Å². The van der Waals surface area contributed by atoms with E-state index in [1.165, 1.54) is 5.56 Å². The van der Waals surface area contributed by atoms with Gasteiger partial charge >= 0.3 is 0 Å². The molecule has 2 rings (SSSR count). The molecule has 1 aliphatic heterocycles. The minimum atomic E-state index is -0.649. The van der Waals surface area contributed by atoms with Crippen molar-refractivity contribution < 1.29 is 5.11 Å². The average Bonchev–Trinajstić information content (AvgIpc) is 2.67. The zero-order valence-corrected chi connectivity index (χ0v) is 9.20. The first-order chi connectivity index (χ1) is 7.07.